The van der Waals surface area contributed by atoms with E-state index >= 15 is 0 Å². The second-order valence-electron chi connectivity index (χ2n) is 6.14. The zero-order chi connectivity index (χ0) is 21.7. The van der Waals surface area contributed by atoms with Gasteiger partial charge in [0.05, 0.1) is 27.6 Å². The number of hydrogen-bond donors (Lipinski definition) is 1. The minimum Gasteiger partial charge on any atom is -0.439 e. The number of carbonyl (C=O) groups is 2. The summed E-state index contributed by atoms with van der Waals surface area (Å²) >= 11 is 11.8. The molecule has 0 aliphatic carbocycles. The van der Waals surface area contributed by atoms with E-state index in [0.29, 0.717) is 38.6 Å². The van der Waals surface area contributed by atoms with Crippen LogP contribution in [0.25, 0.3) is 0 Å². The SMILES string of the molecule is CC(=O)ON(C)c1ccc(Oc2ccc(NC(=O)c3ccc(Cl)c(Cl)c3)cn2)cc1. The van der Waals surface area contributed by atoms with E-state index in [1.54, 1.807) is 55.6 Å². The Kier molecular flexibility index (Phi) is 6.76. The van der Waals surface area contributed by atoms with Crippen LogP contribution in [0.2, 0.25) is 10.0 Å². The van der Waals surface area contributed by atoms with Crippen molar-refractivity contribution < 1.29 is 19.2 Å². The molecule has 154 valence electrons. The predicted molar refractivity (Wildman–Crippen MR) is 115 cm³/mol. The molecule has 0 radical (unpaired) electrons. The first kappa shape index (κ1) is 21.4. The Bertz CT molecular complexity index is 1060. The van der Waals surface area contributed by atoms with Crippen molar-refractivity contribution in [1.29, 1.82) is 0 Å². The Morgan fingerprint density at radius 3 is 2.33 bits per heavy atom. The van der Waals surface area contributed by atoms with E-state index in [9.17, 15) is 9.59 Å². The lowest BCUT2D eigenvalue weighted by atomic mass is 10.2. The normalized spacial score (nSPS) is 10.3. The molecule has 7 nitrogen and oxygen atoms in total. The Hall–Kier alpha value is -3.29. The van der Waals surface area contributed by atoms with E-state index in [-0.39, 0.29) is 5.91 Å². The Morgan fingerprint density at radius 1 is 1.00 bits per heavy atom. The van der Waals surface area contributed by atoms with Crippen LogP contribution in [0.5, 0.6) is 11.6 Å². The number of ether oxygens (including phenoxy) is 1. The third kappa shape index (κ3) is 5.62. The molecule has 0 aliphatic rings. The number of hydroxylamine groups is 1. The Labute approximate surface area is 183 Å². The molecular formula is C21H17Cl2N3O4. The van der Waals surface area contributed by atoms with Gasteiger partial charge in [0.15, 0.2) is 0 Å². The average molecular weight is 446 g/mol. The second-order valence-corrected chi connectivity index (χ2v) is 6.96. The number of pyridine rings is 1. The van der Waals surface area contributed by atoms with Gasteiger partial charge in [0.2, 0.25) is 5.88 Å². The molecule has 0 saturated heterocycles. The van der Waals surface area contributed by atoms with E-state index < -0.39 is 5.97 Å². The maximum absolute atomic E-state index is 12.3. The lowest BCUT2D eigenvalue weighted by Crippen LogP contribution is -2.20. The van der Waals surface area contributed by atoms with Crippen LogP contribution in [0.15, 0.2) is 60.8 Å². The molecule has 3 aromatic rings. The monoisotopic (exact) mass is 445 g/mol. The molecule has 0 fully saturated rings. The van der Waals surface area contributed by atoms with E-state index in [1.807, 2.05) is 0 Å². The fourth-order valence-corrected chi connectivity index (χ4v) is 2.74. The van der Waals surface area contributed by atoms with E-state index in [2.05, 4.69) is 10.3 Å². The summed E-state index contributed by atoms with van der Waals surface area (Å²) < 4.78 is 5.69. The Balaban J connectivity index is 1.61. The highest BCUT2D eigenvalue weighted by Gasteiger charge is 2.10. The number of aromatic nitrogens is 1. The summed E-state index contributed by atoms with van der Waals surface area (Å²) in [4.78, 5) is 32.5. The number of rotatable bonds is 6. The number of amides is 1. The van der Waals surface area contributed by atoms with Gasteiger partial charge in [-0.25, -0.2) is 10.0 Å². The van der Waals surface area contributed by atoms with Crippen molar-refractivity contribution in [1.82, 2.24) is 4.98 Å². The van der Waals surface area contributed by atoms with Crippen LogP contribution in [0.3, 0.4) is 0 Å². The molecule has 30 heavy (non-hydrogen) atoms. The van der Waals surface area contributed by atoms with Crippen LogP contribution in [-0.4, -0.2) is 23.9 Å². The summed E-state index contributed by atoms with van der Waals surface area (Å²) in [7, 11) is 1.63. The molecule has 1 aromatic heterocycles. The van der Waals surface area contributed by atoms with Gasteiger partial charge in [-0.3, -0.25) is 9.59 Å². The highest BCUT2D eigenvalue weighted by atomic mass is 35.5. The lowest BCUT2D eigenvalue weighted by molar-refractivity contribution is -0.141. The van der Waals surface area contributed by atoms with Crippen molar-refractivity contribution in [3.05, 3.63) is 76.4 Å². The fraction of sp³-hybridized carbons (Fsp3) is 0.0952. The first-order chi connectivity index (χ1) is 14.3. The summed E-state index contributed by atoms with van der Waals surface area (Å²) in [5, 5.41) is 4.76. The van der Waals surface area contributed by atoms with Crippen molar-refractivity contribution in [3.63, 3.8) is 0 Å². The minimum atomic E-state index is -0.409. The molecule has 0 aliphatic heterocycles. The molecule has 1 amide bonds. The summed E-state index contributed by atoms with van der Waals surface area (Å²) in [6, 6.07) is 14.8. The van der Waals surface area contributed by atoms with Crippen LogP contribution < -0.4 is 15.1 Å². The van der Waals surface area contributed by atoms with Crippen molar-refractivity contribution in [3.8, 4) is 11.6 Å². The van der Waals surface area contributed by atoms with Gasteiger partial charge in [0.25, 0.3) is 5.91 Å². The molecule has 9 heteroatoms. The molecule has 2 aromatic carbocycles. The van der Waals surface area contributed by atoms with Gasteiger partial charge in [-0.1, -0.05) is 23.2 Å². The average Bonchev–Trinajstić information content (AvgIpc) is 2.71. The predicted octanol–water partition coefficient (Wildman–Crippen LogP) is 5.35. The number of anilines is 2. The van der Waals surface area contributed by atoms with Gasteiger partial charge in [0.1, 0.15) is 5.75 Å². The van der Waals surface area contributed by atoms with Crippen molar-refractivity contribution in [2.24, 2.45) is 0 Å². The quantitative estimate of drug-likeness (QED) is 0.515. The number of hydrogen-bond acceptors (Lipinski definition) is 6. The van der Waals surface area contributed by atoms with E-state index in [4.69, 9.17) is 32.8 Å². The minimum absolute atomic E-state index is 0.302. The number of carbonyl (C=O) groups excluding carboxylic acids is 2. The summed E-state index contributed by atoms with van der Waals surface area (Å²) in [6.07, 6.45) is 1.48. The molecule has 0 atom stereocenters. The van der Waals surface area contributed by atoms with Crippen molar-refractivity contribution in [2.75, 3.05) is 17.4 Å². The highest BCUT2D eigenvalue weighted by molar-refractivity contribution is 6.42. The first-order valence-electron chi connectivity index (χ1n) is 8.74. The molecular weight excluding hydrogens is 429 g/mol. The van der Waals surface area contributed by atoms with E-state index in [1.165, 1.54) is 24.3 Å². The molecule has 0 spiro atoms. The fourth-order valence-electron chi connectivity index (χ4n) is 2.45. The summed E-state index contributed by atoms with van der Waals surface area (Å²) in [5.41, 5.74) is 1.56. The lowest BCUT2D eigenvalue weighted by Gasteiger charge is -2.17. The van der Waals surface area contributed by atoms with Crippen LogP contribution in [0, 0.1) is 0 Å². The number of nitrogens with one attached hydrogen (secondary N) is 1. The molecule has 0 bridgehead atoms. The smallest absolute Gasteiger partial charge is 0.329 e. The maximum atomic E-state index is 12.3. The maximum Gasteiger partial charge on any atom is 0.329 e. The standard InChI is InChI=1S/C21H17Cl2N3O4/c1-13(27)30-26(2)16-5-7-17(8-6-16)29-20-10-4-15(12-24-20)25-21(28)14-3-9-18(22)19(23)11-14/h3-12H,1-2H3,(H,25,28). The second kappa shape index (κ2) is 9.47. The first-order valence-corrected chi connectivity index (χ1v) is 9.50. The molecule has 3 rings (SSSR count). The van der Waals surface area contributed by atoms with Crippen LogP contribution >= 0.6 is 23.2 Å². The largest absolute Gasteiger partial charge is 0.439 e. The molecule has 0 unspecified atom stereocenters. The Morgan fingerprint density at radius 2 is 1.73 bits per heavy atom. The number of halogens is 2. The summed E-state index contributed by atoms with van der Waals surface area (Å²) in [6.45, 7) is 1.33. The van der Waals surface area contributed by atoms with Gasteiger partial charge >= 0.3 is 5.97 Å². The van der Waals surface area contributed by atoms with Crippen molar-refractivity contribution >= 4 is 46.5 Å². The van der Waals surface area contributed by atoms with Crippen LogP contribution in [0.4, 0.5) is 11.4 Å². The van der Waals surface area contributed by atoms with Gasteiger partial charge in [0, 0.05) is 25.6 Å². The zero-order valence-corrected chi connectivity index (χ0v) is 17.6. The van der Waals surface area contributed by atoms with Gasteiger partial charge in [-0.05, 0) is 48.5 Å². The third-order valence-corrected chi connectivity index (χ3v) is 4.60. The highest BCUT2D eigenvalue weighted by Crippen LogP contribution is 2.25. The molecule has 1 N–H and O–H groups in total. The number of benzene rings is 2. The molecule has 0 saturated carbocycles. The van der Waals surface area contributed by atoms with Gasteiger partial charge in [-0.2, -0.15) is 0 Å². The number of nitrogens with zero attached hydrogens (tertiary/aromatic N) is 2. The van der Waals surface area contributed by atoms with Crippen LogP contribution in [-0.2, 0) is 9.63 Å². The van der Waals surface area contributed by atoms with Crippen LogP contribution in [0.1, 0.15) is 17.3 Å². The van der Waals surface area contributed by atoms with Gasteiger partial charge in [-0.15, -0.1) is 0 Å². The van der Waals surface area contributed by atoms with Crippen molar-refractivity contribution in [2.45, 2.75) is 6.92 Å². The zero-order valence-electron chi connectivity index (χ0n) is 16.1. The molecule has 1 heterocycles. The third-order valence-electron chi connectivity index (χ3n) is 3.86. The van der Waals surface area contributed by atoms with E-state index in [0.717, 1.165) is 0 Å². The topological polar surface area (TPSA) is 80.8 Å². The summed E-state index contributed by atoms with van der Waals surface area (Å²) in [5.74, 6) is 0.156. The van der Waals surface area contributed by atoms with Gasteiger partial charge < -0.3 is 14.9 Å².